The summed E-state index contributed by atoms with van der Waals surface area (Å²) in [5, 5.41) is 0. The highest BCUT2D eigenvalue weighted by Crippen LogP contribution is 2.25. The van der Waals surface area contributed by atoms with Crippen molar-refractivity contribution in [2.45, 2.75) is 19.8 Å². The van der Waals surface area contributed by atoms with Crippen molar-refractivity contribution in [2.24, 2.45) is 5.73 Å². The van der Waals surface area contributed by atoms with Gasteiger partial charge in [0, 0.05) is 5.56 Å². The van der Waals surface area contributed by atoms with Gasteiger partial charge in [-0.3, -0.25) is 4.79 Å². The molecule has 1 amide bonds. The molecule has 2 nitrogen and oxygen atoms in total. The largest absolute Gasteiger partial charge is 0.366 e. The first-order chi connectivity index (χ1) is 8.59. The van der Waals surface area contributed by atoms with Gasteiger partial charge in [0.2, 0.25) is 5.91 Å². The van der Waals surface area contributed by atoms with Gasteiger partial charge in [0.15, 0.2) is 0 Å². The zero-order valence-electron chi connectivity index (χ0n) is 10.7. The predicted octanol–water partition coefficient (Wildman–Crippen LogP) is 3.58. The zero-order valence-corrected chi connectivity index (χ0v) is 10.7. The van der Waals surface area contributed by atoms with Crippen LogP contribution < -0.4 is 5.73 Å². The highest BCUT2D eigenvalue weighted by Gasteiger charge is 2.09. The van der Waals surface area contributed by atoms with Crippen molar-refractivity contribution >= 4 is 5.91 Å². The quantitative estimate of drug-likeness (QED) is 0.874. The normalized spacial score (nSPS) is 10.6. The minimum Gasteiger partial charge on any atom is -0.366 e. The molecule has 0 saturated heterocycles. The van der Waals surface area contributed by atoms with Crippen LogP contribution in [0.25, 0.3) is 11.1 Å². The van der Waals surface area contributed by atoms with Gasteiger partial charge in [0.05, 0.1) is 0 Å². The van der Waals surface area contributed by atoms with E-state index in [0.717, 1.165) is 11.1 Å². The van der Waals surface area contributed by atoms with Crippen molar-refractivity contribution in [3.05, 3.63) is 59.7 Å². The van der Waals surface area contributed by atoms with Crippen LogP contribution in [-0.2, 0) is 0 Å². The Balaban J connectivity index is 2.46. The number of benzene rings is 2. The molecule has 0 aliphatic rings. The summed E-state index contributed by atoms with van der Waals surface area (Å²) in [6.45, 7) is 4.32. The van der Waals surface area contributed by atoms with Gasteiger partial charge in [-0.1, -0.05) is 56.3 Å². The zero-order chi connectivity index (χ0) is 13.1. The molecule has 2 aromatic rings. The maximum Gasteiger partial charge on any atom is 0.249 e. The second kappa shape index (κ2) is 5.05. The number of rotatable bonds is 3. The summed E-state index contributed by atoms with van der Waals surface area (Å²) in [6.07, 6.45) is 0. The third kappa shape index (κ3) is 2.43. The topological polar surface area (TPSA) is 43.1 Å². The van der Waals surface area contributed by atoms with E-state index in [2.05, 4.69) is 26.0 Å². The first-order valence-electron chi connectivity index (χ1n) is 6.08. The molecule has 0 fully saturated rings. The Labute approximate surface area is 107 Å². The molecule has 0 bridgehead atoms. The van der Waals surface area contributed by atoms with Crippen molar-refractivity contribution in [1.82, 2.24) is 0 Å². The third-order valence-electron chi connectivity index (χ3n) is 3.08. The lowest BCUT2D eigenvalue weighted by Gasteiger charge is -2.09. The van der Waals surface area contributed by atoms with Gasteiger partial charge in [-0.2, -0.15) is 0 Å². The van der Waals surface area contributed by atoms with Crippen molar-refractivity contribution < 1.29 is 4.79 Å². The summed E-state index contributed by atoms with van der Waals surface area (Å²) >= 11 is 0. The van der Waals surface area contributed by atoms with Crippen molar-refractivity contribution in [1.29, 1.82) is 0 Å². The van der Waals surface area contributed by atoms with Crippen molar-refractivity contribution in [3.63, 3.8) is 0 Å². The number of hydrogen-bond acceptors (Lipinski definition) is 1. The lowest BCUT2D eigenvalue weighted by Crippen LogP contribution is -2.12. The van der Waals surface area contributed by atoms with Crippen molar-refractivity contribution in [3.8, 4) is 11.1 Å². The van der Waals surface area contributed by atoms with Crippen molar-refractivity contribution in [2.75, 3.05) is 0 Å². The van der Waals surface area contributed by atoms with Crippen LogP contribution in [0.1, 0.15) is 35.7 Å². The fraction of sp³-hybridized carbons (Fsp3) is 0.188. The first-order valence-corrected chi connectivity index (χ1v) is 6.08. The van der Waals surface area contributed by atoms with Gasteiger partial charge < -0.3 is 5.73 Å². The molecule has 0 heterocycles. The molecule has 2 aromatic carbocycles. The molecule has 2 N–H and O–H groups in total. The SMILES string of the molecule is CC(C)c1ccc(-c2ccccc2C(N)=O)cc1. The van der Waals surface area contributed by atoms with Crippen LogP contribution in [0.15, 0.2) is 48.5 Å². The van der Waals surface area contributed by atoms with E-state index in [1.54, 1.807) is 6.07 Å². The summed E-state index contributed by atoms with van der Waals surface area (Å²) in [6, 6.07) is 15.7. The van der Waals surface area contributed by atoms with Gasteiger partial charge in [-0.15, -0.1) is 0 Å². The van der Waals surface area contributed by atoms with E-state index >= 15 is 0 Å². The van der Waals surface area contributed by atoms with E-state index in [9.17, 15) is 4.79 Å². The number of nitrogens with two attached hydrogens (primary N) is 1. The molecule has 0 spiro atoms. The first kappa shape index (κ1) is 12.4. The Morgan fingerprint density at radius 2 is 1.61 bits per heavy atom. The molecule has 0 aromatic heterocycles. The second-order valence-corrected chi connectivity index (χ2v) is 4.69. The van der Waals surface area contributed by atoms with Crippen LogP contribution in [0.3, 0.4) is 0 Å². The molecule has 18 heavy (non-hydrogen) atoms. The molecule has 2 rings (SSSR count). The number of primary amides is 1. The highest BCUT2D eigenvalue weighted by molar-refractivity contribution is 5.99. The predicted molar refractivity (Wildman–Crippen MR) is 74.5 cm³/mol. The summed E-state index contributed by atoms with van der Waals surface area (Å²) < 4.78 is 0. The highest BCUT2D eigenvalue weighted by atomic mass is 16.1. The summed E-state index contributed by atoms with van der Waals surface area (Å²) in [5.74, 6) is 0.115. The maximum absolute atomic E-state index is 11.4. The summed E-state index contributed by atoms with van der Waals surface area (Å²) in [4.78, 5) is 11.4. The minimum atomic E-state index is -0.390. The molecular weight excluding hydrogens is 222 g/mol. The van der Waals surface area contributed by atoms with Crippen LogP contribution in [0.4, 0.5) is 0 Å². The molecular formula is C16H17NO. The van der Waals surface area contributed by atoms with E-state index < -0.39 is 5.91 Å². The Morgan fingerprint density at radius 3 is 2.17 bits per heavy atom. The van der Waals surface area contributed by atoms with Crippen LogP contribution in [0, 0.1) is 0 Å². The number of carbonyl (C=O) groups excluding carboxylic acids is 1. The molecule has 0 saturated carbocycles. The van der Waals surface area contributed by atoms with Gasteiger partial charge in [0.1, 0.15) is 0 Å². The summed E-state index contributed by atoms with van der Waals surface area (Å²) in [5.41, 5.74) is 9.15. The van der Waals surface area contributed by atoms with E-state index in [0.29, 0.717) is 11.5 Å². The molecule has 0 aliphatic heterocycles. The number of carbonyl (C=O) groups is 1. The molecule has 92 valence electrons. The van der Waals surface area contributed by atoms with Crippen LogP contribution in [-0.4, -0.2) is 5.91 Å². The van der Waals surface area contributed by atoms with Crippen LogP contribution in [0.2, 0.25) is 0 Å². The Morgan fingerprint density at radius 1 is 1.00 bits per heavy atom. The van der Waals surface area contributed by atoms with Gasteiger partial charge >= 0.3 is 0 Å². The second-order valence-electron chi connectivity index (χ2n) is 4.69. The van der Waals surface area contributed by atoms with E-state index in [4.69, 9.17) is 5.73 Å². The molecule has 0 radical (unpaired) electrons. The Hall–Kier alpha value is -2.09. The molecule has 0 aliphatic carbocycles. The molecule has 0 unspecified atom stereocenters. The van der Waals surface area contributed by atoms with Gasteiger partial charge in [-0.25, -0.2) is 0 Å². The fourth-order valence-corrected chi connectivity index (χ4v) is 2.00. The van der Waals surface area contributed by atoms with Crippen LogP contribution >= 0.6 is 0 Å². The van der Waals surface area contributed by atoms with Gasteiger partial charge in [-0.05, 0) is 28.7 Å². The standard InChI is InChI=1S/C16H17NO/c1-11(2)12-7-9-13(10-8-12)14-5-3-4-6-15(14)16(17)18/h3-11H,1-2H3,(H2,17,18). The Bertz CT molecular complexity index is 556. The minimum absolute atomic E-state index is 0.390. The number of amides is 1. The Kier molecular flexibility index (Phi) is 3.47. The van der Waals surface area contributed by atoms with E-state index in [-0.39, 0.29) is 0 Å². The van der Waals surface area contributed by atoms with E-state index in [1.165, 1.54) is 5.56 Å². The maximum atomic E-state index is 11.4. The van der Waals surface area contributed by atoms with Crippen LogP contribution in [0.5, 0.6) is 0 Å². The lowest BCUT2D eigenvalue weighted by atomic mass is 9.96. The molecule has 2 heteroatoms. The number of hydrogen-bond donors (Lipinski definition) is 1. The summed E-state index contributed by atoms with van der Waals surface area (Å²) in [7, 11) is 0. The lowest BCUT2D eigenvalue weighted by molar-refractivity contribution is 0.100. The smallest absolute Gasteiger partial charge is 0.249 e. The third-order valence-corrected chi connectivity index (χ3v) is 3.08. The average molecular weight is 239 g/mol. The molecule has 0 atom stereocenters. The van der Waals surface area contributed by atoms with E-state index in [1.807, 2.05) is 30.3 Å². The fourth-order valence-electron chi connectivity index (χ4n) is 2.00. The van der Waals surface area contributed by atoms with Gasteiger partial charge in [0.25, 0.3) is 0 Å². The monoisotopic (exact) mass is 239 g/mol. The average Bonchev–Trinajstić information content (AvgIpc) is 2.39.